The molecule has 1 aliphatic rings. The fraction of sp³-hybridized carbons (Fsp3) is 0.519. The highest BCUT2D eigenvalue weighted by Crippen LogP contribution is 2.35. The van der Waals surface area contributed by atoms with E-state index in [-0.39, 0.29) is 28.6 Å². The molecule has 226 valence electrons. The number of rotatable bonds is 10. The summed E-state index contributed by atoms with van der Waals surface area (Å²) in [6.07, 6.45) is -1.82. The van der Waals surface area contributed by atoms with E-state index in [2.05, 4.69) is 10.3 Å². The van der Waals surface area contributed by atoms with Crippen LogP contribution in [0.1, 0.15) is 56.8 Å². The van der Waals surface area contributed by atoms with Gasteiger partial charge in [-0.05, 0) is 63.4 Å². The number of aromatic nitrogens is 1. The molecule has 2 aromatic rings. The lowest BCUT2D eigenvalue weighted by molar-refractivity contribution is -0.278. The fourth-order valence-corrected chi connectivity index (χ4v) is 4.86. The smallest absolute Gasteiger partial charge is 0.455 e. The van der Waals surface area contributed by atoms with Crippen LogP contribution in [0.4, 0.5) is 27.8 Å². The molecule has 0 saturated carbocycles. The summed E-state index contributed by atoms with van der Waals surface area (Å²) in [5, 5.41) is 5.38. The number of anilines is 1. The molecule has 41 heavy (non-hydrogen) atoms. The predicted molar refractivity (Wildman–Crippen MR) is 146 cm³/mol. The van der Waals surface area contributed by atoms with Gasteiger partial charge in [0.25, 0.3) is 11.8 Å². The van der Waals surface area contributed by atoms with E-state index in [1.54, 1.807) is 31.3 Å². The molecule has 7 nitrogen and oxygen atoms in total. The number of ether oxygens (including phenoxy) is 1. The summed E-state index contributed by atoms with van der Waals surface area (Å²) in [5.74, 6) is -5.61. The third-order valence-corrected chi connectivity index (χ3v) is 7.20. The molecule has 3 rings (SSSR count). The molecular weight excluding hydrogens is 594 g/mol. The molecule has 1 aromatic heterocycles. The molecular formula is C27H31Cl2F5N4O3. The average Bonchev–Trinajstić information content (AvgIpc) is 2.89. The maximum absolute atomic E-state index is 13.1. The van der Waals surface area contributed by atoms with Crippen molar-refractivity contribution in [3.05, 3.63) is 52.1 Å². The van der Waals surface area contributed by atoms with E-state index in [1.807, 2.05) is 11.8 Å². The van der Waals surface area contributed by atoms with Crippen molar-refractivity contribution in [2.24, 2.45) is 0 Å². The zero-order chi connectivity index (χ0) is 30.6. The molecule has 1 aliphatic heterocycles. The van der Waals surface area contributed by atoms with Gasteiger partial charge in [0, 0.05) is 29.8 Å². The fourth-order valence-electron chi connectivity index (χ4n) is 4.41. The monoisotopic (exact) mass is 624 g/mol. The molecule has 0 radical (unpaired) electrons. The highest BCUT2D eigenvalue weighted by Gasteiger charge is 2.57. The Bertz CT molecular complexity index is 1230. The summed E-state index contributed by atoms with van der Waals surface area (Å²) in [4.78, 5) is 31.5. The van der Waals surface area contributed by atoms with Crippen molar-refractivity contribution in [2.45, 2.75) is 76.2 Å². The molecule has 0 aliphatic carbocycles. The second-order valence-corrected chi connectivity index (χ2v) is 11.2. The topological polar surface area (TPSA) is 83.6 Å². The summed E-state index contributed by atoms with van der Waals surface area (Å²) < 4.78 is 69.2. The lowest BCUT2D eigenvalue weighted by Gasteiger charge is -2.41. The number of nitrogens with one attached hydrogen (secondary N) is 2. The number of pyridine rings is 1. The number of carbonyl (C=O) groups is 2. The number of hydrogen-bond acceptors (Lipinski definition) is 5. The molecule has 2 heterocycles. The molecule has 0 spiro atoms. The number of alkyl halides is 5. The van der Waals surface area contributed by atoms with E-state index in [0.29, 0.717) is 36.0 Å². The van der Waals surface area contributed by atoms with Gasteiger partial charge < -0.3 is 20.3 Å². The van der Waals surface area contributed by atoms with Gasteiger partial charge in [-0.2, -0.15) is 22.0 Å². The van der Waals surface area contributed by atoms with Crippen LogP contribution in [0.5, 0.6) is 5.75 Å². The predicted octanol–water partition coefficient (Wildman–Crippen LogP) is 6.43. The SMILES string of the molecule is CCCC1CC(NC(=O)C(C)(C)Oc2ccc(Cl)cc2Cl)CCN1c1ccc(C(=O)NCC(F)(F)C(F)(F)F)cn1. The largest absolute Gasteiger partial charge is 0.476 e. The summed E-state index contributed by atoms with van der Waals surface area (Å²) in [7, 11) is 0. The van der Waals surface area contributed by atoms with Crippen molar-refractivity contribution >= 4 is 40.8 Å². The molecule has 2 amide bonds. The minimum absolute atomic E-state index is 0.00792. The second kappa shape index (κ2) is 13.0. The first-order valence-corrected chi connectivity index (χ1v) is 13.7. The molecule has 1 saturated heterocycles. The quantitative estimate of drug-likeness (QED) is 0.298. The highest BCUT2D eigenvalue weighted by molar-refractivity contribution is 6.35. The Morgan fingerprint density at radius 2 is 1.83 bits per heavy atom. The van der Waals surface area contributed by atoms with Crippen LogP contribution in [0.2, 0.25) is 10.0 Å². The minimum Gasteiger partial charge on any atom is -0.476 e. The Morgan fingerprint density at radius 1 is 1.12 bits per heavy atom. The standard InChI is InChI=1S/C27H31Cl2F5N4O3/c1-4-5-19-13-18(37-24(40)25(2,3)41-21-8-7-17(28)12-20(21)29)10-11-38(19)22-9-6-16(14-35-22)23(39)36-15-26(30,31)27(32,33)34/h6-9,12,14,18-19H,4-5,10-11,13,15H2,1-3H3,(H,36,39)(H,37,40). The van der Waals surface area contributed by atoms with Crippen LogP contribution in [-0.2, 0) is 4.79 Å². The van der Waals surface area contributed by atoms with E-state index < -0.39 is 30.2 Å². The van der Waals surface area contributed by atoms with E-state index in [0.717, 1.165) is 19.0 Å². The summed E-state index contributed by atoms with van der Waals surface area (Å²) in [5.41, 5.74) is -1.37. The third kappa shape index (κ3) is 8.34. The van der Waals surface area contributed by atoms with Crippen molar-refractivity contribution < 1.29 is 36.3 Å². The highest BCUT2D eigenvalue weighted by atomic mass is 35.5. The van der Waals surface area contributed by atoms with Crippen molar-refractivity contribution in [1.29, 1.82) is 0 Å². The average molecular weight is 625 g/mol. The zero-order valence-electron chi connectivity index (χ0n) is 22.6. The summed E-state index contributed by atoms with van der Waals surface area (Å²) in [6, 6.07) is 7.41. The molecule has 14 heteroatoms. The Kier molecular flexibility index (Phi) is 10.3. The van der Waals surface area contributed by atoms with E-state index in [1.165, 1.54) is 18.2 Å². The normalized spacial score (nSPS) is 18.1. The van der Waals surface area contributed by atoms with Gasteiger partial charge >= 0.3 is 12.1 Å². The second-order valence-electron chi connectivity index (χ2n) is 10.3. The molecule has 2 atom stereocenters. The van der Waals surface area contributed by atoms with Crippen molar-refractivity contribution in [1.82, 2.24) is 15.6 Å². The molecule has 2 unspecified atom stereocenters. The van der Waals surface area contributed by atoms with Gasteiger partial charge in [-0.1, -0.05) is 36.5 Å². The van der Waals surface area contributed by atoms with E-state index >= 15 is 0 Å². The van der Waals surface area contributed by atoms with Crippen LogP contribution in [-0.4, -0.2) is 59.7 Å². The minimum atomic E-state index is -5.77. The van der Waals surface area contributed by atoms with Gasteiger partial charge in [0.05, 0.1) is 17.1 Å². The molecule has 0 bridgehead atoms. The number of piperidine rings is 1. The number of hydrogen-bond donors (Lipinski definition) is 2. The number of benzene rings is 1. The lowest BCUT2D eigenvalue weighted by atomic mass is 9.93. The van der Waals surface area contributed by atoms with Crippen LogP contribution in [0, 0.1) is 0 Å². The van der Waals surface area contributed by atoms with Crippen molar-refractivity contribution in [3.63, 3.8) is 0 Å². The lowest BCUT2D eigenvalue weighted by Crippen LogP contribution is -2.55. The van der Waals surface area contributed by atoms with Gasteiger partial charge in [0.2, 0.25) is 0 Å². The summed E-state index contributed by atoms with van der Waals surface area (Å²) >= 11 is 12.1. The number of nitrogens with zero attached hydrogens (tertiary/aromatic N) is 2. The summed E-state index contributed by atoms with van der Waals surface area (Å²) in [6.45, 7) is 3.94. The van der Waals surface area contributed by atoms with Gasteiger partial charge in [-0.3, -0.25) is 9.59 Å². The Morgan fingerprint density at radius 3 is 2.41 bits per heavy atom. The van der Waals surface area contributed by atoms with E-state index in [9.17, 15) is 31.5 Å². The molecule has 1 aromatic carbocycles. The van der Waals surface area contributed by atoms with Crippen molar-refractivity contribution in [2.75, 3.05) is 18.0 Å². The van der Waals surface area contributed by atoms with Gasteiger partial charge in [0.15, 0.2) is 5.60 Å². The van der Waals surface area contributed by atoms with Crippen molar-refractivity contribution in [3.8, 4) is 5.75 Å². The molecule has 2 N–H and O–H groups in total. The van der Waals surface area contributed by atoms with E-state index in [4.69, 9.17) is 27.9 Å². The van der Waals surface area contributed by atoms with Gasteiger partial charge in [0.1, 0.15) is 11.6 Å². The van der Waals surface area contributed by atoms with Crippen LogP contribution < -0.4 is 20.3 Å². The number of halogens is 7. The first kappa shape index (κ1) is 32.7. The zero-order valence-corrected chi connectivity index (χ0v) is 24.1. The number of carbonyl (C=O) groups excluding carboxylic acids is 2. The Labute approximate surface area is 244 Å². The number of amides is 2. The van der Waals surface area contributed by atoms with Crippen LogP contribution in [0.15, 0.2) is 36.5 Å². The third-order valence-electron chi connectivity index (χ3n) is 6.67. The van der Waals surface area contributed by atoms with Gasteiger partial charge in [-0.15, -0.1) is 0 Å². The van der Waals surface area contributed by atoms with Crippen LogP contribution in [0.3, 0.4) is 0 Å². The molecule has 1 fully saturated rings. The first-order valence-electron chi connectivity index (χ1n) is 12.9. The van der Waals surface area contributed by atoms with Gasteiger partial charge in [-0.25, -0.2) is 4.98 Å². The van der Waals surface area contributed by atoms with Crippen LogP contribution in [0.25, 0.3) is 0 Å². The Balaban J connectivity index is 1.62. The maximum Gasteiger partial charge on any atom is 0.455 e. The van der Waals surface area contributed by atoms with Crippen LogP contribution >= 0.6 is 23.2 Å². The first-order chi connectivity index (χ1) is 19.0. The Hall–Kier alpha value is -2.86. The maximum atomic E-state index is 13.1.